The Morgan fingerprint density at radius 2 is 1.57 bits per heavy atom. The summed E-state index contributed by atoms with van der Waals surface area (Å²) in [7, 11) is 0. The normalized spacial score (nSPS) is 18.2. The summed E-state index contributed by atoms with van der Waals surface area (Å²) in [5.74, 6) is 0. The summed E-state index contributed by atoms with van der Waals surface area (Å²) in [6.45, 7) is 4.51. The summed E-state index contributed by atoms with van der Waals surface area (Å²) in [6, 6.07) is 22.4. The van der Waals surface area contributed by atoms with Crippen LogP contribution in [-0.4, -0.2) is 30.6 Å². The molecule has 122 valence electrons. The second-order valence-electron chi connectivity index (χ2n) is 6.60. The van der Waals surface area contributed by atoms with Gasteiger partial charge in [-0.3, -0.25) is 4.90 Å². The Morgan fingerprint density at radius 1 is 0.870 bits per heavy atom. The number of hydrogen-bond donors (Lipinski definition) is 1. The molecule has 3 rings (SSSR count). The highest BCUT2D eigenvalue weighted by molar-refractivity contribution is 5.16. The predicted molar refractivity (Wildman–Crippen MR) is 97.5 cm³/mol. The Labute approximate surface area is 140 Å². The standard InChI is InChI=1S/C21H28N2/c1-3-9-19(10-4-1)14-16-23(17-20-11-5-2-6-12-20)18-21-13-7-8-15-22-21/h1-6,9-12,21-22H,7-8,13-18H2. The van der Waals surface area contributed by atoms with E-state index in [2.05, 4.69) is 70.9 Å². The van der Waals surface area contributed by atoms with E-state index >= 15 is 0 Å². The molecule has 2 heteroatoms. The quantitative estimate of drug-likeness (QED) is 0.835. The van der Waals surface area contributed by atoms with Crippen molar-refractivity contribution in [3.8, 4) is 0 Å². The third-order valence-electron chi connectivity index (χ3n) is 4.70. The molecule has 1 saturated heterocycles. The van der Waals surface area contributed by atoms with Crippen molar-refractivity contribution in [3.63, 3.8) is 0 Å². The summed E-state index contributed by atoms with van der Waals surface area (Å²) in [6.07, 6.45) is 5.14. The highest BCUT2D eigenvalue weighted by atomic mass is 15.1. The molecule has 1 unspecified atom stereocenters. The van der Waals surface area contributed by atoms with Crippen molar-refractivity contribution in [2.24, 2.45) is 0 Å². The van der Waals surface area contributed by atoms with Crippen LogP contribution in [-0.2, 0) is 13.0 Å². The lowest BCUT2D eigenvalue weighted by Gasteiger charge is -2.30. The molecule has 2 aromatic rings. The summed E-state index contributed by atoms with van der Waals surface area (Å²) < 4.78 is 0. The van der Waals surface area contributed by atoms with E-state index in [1.54, 1.807) is 0 Å². The number of piperidine rings is 1. The molecule has 1 aliphatic rings. The summed E-state index contributed by atoms with van der Waals surface area (Å²) in [5, 5.41) is 3.69. The molecule has 1 N–H and O–H groups in total. The first kappa shape index (κ1) is 16.2. The van der Waals surface area contributed by atoms with Crippen molar-refractivity contribution >= 4 is 0 Å². The fourth-order valence-corrected chi connectivity index (χ4v) is 3.40. The lowest BCUT2D eigenvalue weighted by molar-refractivity contribution is 0.219. The molecule has 1 atom stereocenters. The average molecular weight is 308 g/mol. The Bertz CT molecular complexity index is 547. The Balaban J connectivity index is 1.60. The van der Waals surface area contributed by atoms with Gasteiger partial charge in [0.2, 0.25) is 0 Å². The van der Waals surface area contributed by atoms with E-state index in [0.717, 1.165) is 26.1 Å². The maximum absolute atomic E-state index is 3.69. The molecule has 2 aromatic carbocycles. The zero-order valence-electron chi connectivity index (χ0n) is 14.0. The first-order valence-electron chi connectivity index (χ1n) is 8.94. The fraction of sp³-hybridized carbons (Fsp3) is 0.429. The van der Waals surface area contributed by atoms with E-state index in [9.17, 15) is 0 Å². The highest BCUT2D eigenvalue weighted by Crippen LogP contribution is 2.12. The third-order valence-corrected chi connectivity index (χ3v) is 4.70. The van der Waals surface area contributed by atoms with E-state index in [-0.39, 0.29) is 0 Å². The van der Waals surface area contributed by atoms with Crippen molar-refractivity contribution in [2.75, 3.05) is 19.6 Å². The molecule has 1 aliphatic heterocycles. The van der Waals surface area contributed by atoms with E-state index in [1.807, 2.05) is 0 Å². The van der Waals surface area contributed by atoms with E-state index in [1.165, 1.54) is 36.9 Å². The zero-order valence-corrected chi connectivity index (χ0v) is 14.0. The average Bonchev–Trinajstić information content (AvgIpc) is 2.62. The maximum atomic E-state index is 3.69. The molecule has 0 saturated carbocycles. The topological polar surface area (TPSA) is 15.3 Å². The minimum atomic E-state index is 0.656. The molecule has 0 spiro atoms. The van der Waals surface area contributed by atoms with E-state index in [4.69, 9.17) is 0 Å². The van der Waals surface area contributed by atoms with Crippen molar-refractivity contribution in [1.29, 1.82) is 0 Å². The predicted octanol–water partition coefficient (Wildman–Crippen LogP) is 3.87. The van der Waals surface area contributed by atoms with Gasteiger partial charge in [0.25, 0.3) is 0 Å². The first-order chi connectivity index (χ1) is 11.4. The van der Waals surface area contributed by atoms with Crippen molar-refractivity contribution in [1.82, 2.24) is 10.2 Å². The van der Waals surface area contributed by atoms with Gasteiger partial charge in [-0.25, -0.2) is 0 Å². The van der Waals surface area contributed by atoms with Crippen molar-refractivity contribution < 1.29 is 0 Å². The summed E-state index contributed by atoms with van der Waals surface area (Å²) in [5.41, 5.74) is 2.85. The highest BCUT2D eigenvalue weighted by Gasteiger charge is 2.16. The van der Waals surface area contributed by atoms with Gasteiger partial charge in [0.15, 0.2) is 0 Å². The van der Waals surface area contributed by atoms with Crippen molar-refractivity contribution in [2.45, 2.75) is 38.3 Å². The molecule has 0 aliphatic carbocycles. The monoisotopic (exact) mass is 308 g/mol. The number of nitrogens with one attached hydrogen (secondary N) is 1. The molecule has 0 radical (unpaired) electrons. The summed E-state index contributed by atoms with van der Waals surface area (Å²) >= 11 is 0. The molecular formula is C21H28N2. The third kappa shape index (κ3) is 5.49. The molecule has 1 fully saturated rings. The lowest BCUT2D eigenvalue weighted by atomic mass is 10.0. The molecule has 0 bridgehead atoms. The SMILES string of the molecule is c1ccc(CCN(Cc2ccccc2)CC2CCCCN2)cc1. The van der Waals surface area contributed by atoms with Crippen LogP contribution < -0.4 is 5.32 Å². The number of rotatable bonds is 7. The Morgan fingerprint density at radius 3 is 2.22 bits per heavy atom. The molecule has 0 amide bonds. The first-order valence-corrected chi connectivity index (χ1v) is 8.94. The number of hydrogen-bond acceptors (Lipinski definition) is 2. The molecular weight excluding hydrogens is 280 g/mol. The van der Waals surface area contributed by atoms with Crippen LogP contribution in [0.1, 0.15) is 30.4 Å². The zero-order chi connectivity index (χ0) is 15.7. The minimum Gasteiger partial charge on any atom is -0.313 e. The van der Waals surface area contributed by atoms with Crippen molar-refractivity contribution in [3.05, 3.63) is 71.8 Å². The molecule has 23 heavy (non-hydrogen) atoms. The minimum absolute atomic E-state index is 0.656. The molecule has 2 nitrogen and oxygen atoms in total. The number of benzene rings is 2. The van der Waals surface area contributed by atoms with Crippen LogP contribution in [0.5, 0.6) is 0 Å². The van der Waals surface area contributed by atoms with Gasteiger partial charge < -0.3 is 5.32 Å². The summed E-state index contributed by atoms with van der Waals surface area (Å²) in [4.78, 5) is 2.62. The van der Waals surface area contributed by atoms with Gasteiger partial charge in [-0.05, 0) is 36.9 Å². The van der Waals surface area contributed by atoms with Gasteiger partial charge in [0.1, 0.15) is 0 Å². The maximum Gasteiger partial charge on any atom is 0.0234 e. The van der Waals surface area contributed by atoms with Crippen LogP contribution in [0.25, 0.3) is 0 Å². The van der Waals surface area contributed by atoms with Gasteiger partial charge in [-0.15, -0.1) is 0 Å². The molecule has 0 aromatic heterocycles. The second-order valence-corrected chi connectivity index (χ2v) is 6.60. The fourth-order valence-electron chi connectivity index (χ4n) is 3.40. The van der Waals surface area contributed by atoms with Gasteiger partial charge in [-0.1, -0.05) is 67.1 Å². The van der Waals surface area contributed by atoms with Gasteiger partial charge >= 0.3 is 0 Å². The van der Waals surface area contributed by atoms with Crippen LogP contribution in [0.3, 0.4) is 0 Å². The van der Waals surface area contributed by atoms with Crippen LogP contribution in [0, 0.1) is 0 Å². The molecule has 1 heterocycles. The second kappa shape index (κ2) is 8.85. The van der Waals surface area contributed by atoms with Crippen LogP contribution in [0.4, 0.5) is 0 Å². The van der Waals surface area contributed by atoms with Gasteiger partial charge in [0, 0.05) is 25.7 Å². The van der Waals surface area contributed by atoms with E-state index < -0.39 is 0 Å². The Hall–Kier alpha value is -1.64. The Kier molecular flexibility index (Phi) is 6.25. The van der Waals surface area contributed by atoms with Gasteiger partial charge in [-0.2, -0.15) is 0 Å². The largest absolute Gasteiger partial charge is 0.313 e. The van der Waals surface area contributed by atoms with Crippen LogP contribution in [0.15, 0.2) is 60.7 Å². The van der Waals surface area contributed by atoms with Gasteiger partial charge in [0.05, 0.1) is 0 Å². The number of nitrogens with zero attached hydrogens (tertiary/aromatic N) is 1. The van der Waals surface area contributed by atoms with E-state index in [0.29, 0.717) is 6.04 Å². The van der Waals surface area contributed by atoms with Crippen LogP contribution in [0.2, 0.25) is 0 Å². The smallest absolute Gasteiger partial charge is 0.0234 e. The van der Waals surface area contributed by atoms with Crippen LogP contribution >= 0.6 is 0 Å². The lowest BCUT2D eigenvalue weighted by Crippen LogP contribution is -2.44.